The van der Waals surface area contributed by atoms with Crippen molar-refractivity contribution in [3.63, 3.8) is 0 Å². The van der Waals surface area contributed by atoms with Crippen LogP contribution in [-0.4, -0.2) is 12.4 Å². The van der Waals surface area contributed by atoms with Gasteiger partial charge in [0.15, 0.2) is 5.78 Å². The maximum absolute atomic E-state index is 11.5. The normalized spacial score (nSPS) is 12.3. The van der Waals surface area contributed by atoms with Crippen LogP contribution in [-0.2, 0) is 9.53 Å². The highest BCUT2D eigenvalue weighted by Crippen LogP contribution is 2.10. The lowest BCUT2D eigenvalue weighted by atomic mass is 10.1. The van der Waals surface area contributed by atoms with E-state index >= 15 is 0 Å². The number of ketones is 1. The third kappa shape index (κ3) is 6.32. The molecule has 88 valence electrons. The van der Waals surface area contributed by atoms with E-state index in [1.807, 2.05) is 20.8 Å². The molecule has 0 aliphatic carbocycles. The van der Waals surface area contributed by atoms with Crippen LogP contribution in [0.5, 0.6) is 0 Å². The van der Waals surface area contributed by atoms with Gasteiger partial charge in [0, 0.05) is 12.0 Å². The number of hydrogen-bond donors (Lipinski definition) is 0. The summed E-state index contributed by atoms with van der Waals surface area (Å²) in [6.07, 6.45) is 4.99. The van der Waals surface area contributed by atoms with E-state index < -0.39 is 0 Å². The molecule has 0 saturated carbocycles. The Hall–Kier alpha value is -0.790. The maximum atomic E-state index is 11.5. The first kappa shape index (κ1) is 14.2. The summed E-state index contributed by atoms with van der Waals surface area (Å²) < 4.78 is 5.53. The van der Waals surface area contributed by atoms with Gasteiger partial charge in [-0.25, -0.2) is 0 Å². The average Bonchev–Trinajstić information content (AvgIpc) is 2.23. The Morgan fingerprint density at radius 2 is 1.73 bits per heavy atom. The third-order valence-electron chi connectivity index (χ3n) is 2.49. The zero-order valence-electron chi connectivity index (χ0n) is 10.6. The van der Waals surface area contributed by atoms with Crippen molar-refractivity contribution < 1.29 is 9.53 Å². The molecule has 0 aliphatic rings. The number of rotatable bonds is 8. The summed E-state index contributed by atoms with van der Waals surface area (Å²) in [4.78, 5) is 11.5. The fourth-order valence-corrected chi connectivity index (χ4v) is 1.30. The molecule has 0 aromatic rings. The molecule has 0 saturated heterocycles. The van der Waals surface area contributed by atoms with Crippen LogP contribution in [0.25, 0.3) is 0 Å². The van der Waals surface area contributed by atoms with Gasteiger partial charge in [-0.2, -0.15) is 0 Å². The van der Waals surface area contributed by atoms with Crippen molar-refractivity contribution >= 4 is 5.78 Å². The van der Waals surface area contributed by atoms with E-state index in [0.717, 1.165) is 30.8 Å². The van der Waals surface area contributed by atoms with Crippen molar-refractivity contribution in [3.8, 4) is 0 Å². The first-order valence-electron chi connectivity index (χ1n) is 5.96. The first-order chi connectivity index (χ1) is 7.13. The van der Waals surface area contributed by atoms with Crippen molar-refractivity contribution in [2.45, 2.75) is 59.8 Å². The van der Waals surface area contributed by atoms with Gasteiger partial charge in [-0.1, -0.05) is 26.7 Å². The van der Waals surface area contributed by atoms with E-state index in [-0.39, 0.29) is 5.78 Å². The molecule has 0 aromatic heterocycles. The second-order valence-electron chi connectivity index (χ2n) is 3.91. The van der Waals surface area contributed by atoms with Crippen LogP contribution >= 0.6 is 0 Å². The molecule has 2 nitrogen and oxygen atoms in total. The molecule has 0 amide bonds. The maximum Gasteiger partial charge on any atom is 0.161 e. The quantitative estimate of drug-likeness (QED) is 0.347. The highest BCUT2D eigenvalue weighted by atomic mass is 16.5. The minimum Gasteiger partial charge on any atom is -0.498 e. The minimum absolute atomic E-state index is 0.213. The summed E-state index contributed by atoms with van der Waals surface area (Å²) in [5.74, 6) is 1.01. The van der Waals surface area contributed by atoms with Gasteiger partial charge in [-0.05, 0) is 26.7 Å². The van der Waals surface area contributed by atoms with E-state index in [0.29, 0.717) is 6.42 Å². The standard InChI is InChI=1S/C13H24O2/c1-5-7-8-10-15-12(4)11(3)13(14)9-6-2/h5-10H2,1-4H3/b12-11-. The molecule has 0 N–H and O–H groups in total. The number of hydrogen-bond acceptors (Lipinski definition) is 2. The van der Waals surface area contributed by atoms with Gasteiger partial charge < -0.3 is 4.74 Å². The molecule has 0 fully saturated rings. The Labute approximate surface area is 93.7 Å². The summed E-state index contributed by atoms with van der Waals surface area (Å²) in [6.45, 7) is 8.65. The van der Waals surface area contributed by atoms with Crippen LogP contribution in [0.3, 0.4) is 0 Å². The first-order valence-corrected chi connectivity index (χ1v) is 5.96. The van der Waals surface area contributed by atoms with Crippen LogP contribution < -0.4 is 0 Å². The van der Waals surface area contributed by atoms with Crippen LogP contribution in [0.4, 0.5) is 0 Å². The lowest BCUT2D eigenvalue weighted by Crippen LogP contribution is -2.04. The van der Waals surface area contributed by atoms with E-state index in [4.69, 9.17) is 4.74 Å². The van der Waals surface area contributed by atoms with E-state index in [1.54, 1.807) is 0 Å². The van der Waals surface area contributed by atoms with Crippen molar-refractivity contribution in [2.75, 3.05) is 6.61 Å². The fraction of sp³-hybridized carbons (Fsp3) is 0.769. The van der Waals surface area contributed by atoms with Crippen LogP contribution in [0, 0.1) is 0 Å². The number of Topliss-reactive ketones (excluding diaryl/α,β-unsaturated/α-hetero) is 1. The molecule has 0 spiro atoms. The Kier molecular flexibility index (Phi) is 8.06. The summed E-state index contributed by atoms with van der Waals surface area (Å²) in [6, 6.07) is 0. The summed E-state index contributed by atoms with van der Waals surface area (Å²) >= 11 is 0. The SMILES string of the molecule is CCCCCO/C(C)=C(/C)C(=O)CCC. The molecule has 0 heterocycles. The largest absolute Gasteiger partial charge is 0.498 e. The lowest BCUT2D eigenvalue weighted by molar-refractivity contribution is -0.115. The highest BCUT2D eigenvalue weighted by molar-refractivity contribution is 5.95. The number of carbonyl (C=O) groups is 1. The van der Waals surface area contributed by atoms with Crippen LogP contribution in [0.2, 0.25) is 0 Å². The molecule has 0 aromatic carbocycles. The second kappa shape index (κ2) is 8.51. The van der Waals surface area contributed by atoms with Gasteiger partial charge in [0.1, 0.15) is 0 Å². The highest BCUT2D eigenvalue weighted by Gasteiger charge is 2.07. The molecule has 15 heavy (non-hydrogen) atoms. The Morgan fingerprint density at radius 3 is 2.27 bits per heavy atom. The number of unbranched alkanes of at least 4 members (excludes halogenated alkanes) is 2. The van der Waals surface area contributed by atoms with Gasteiger partial charge in [-0.3, -0.25) is 4.79 Å². The average molecular weight is 212 g/mol. The molecule has 0 bridgehead atoms. The molecule has 0 radical (unpaired) electrons. The van der Waals surface area contributed by atoms with Crippen molar-refractivity contribution in [3.05, 3.63) is 11.3 Å². The molecule has 0 rings (SSSR count). The van der Waals surface area contributed by atoms with Gasteiger partial charge in [-0.15, -0.1) is 0 Å². The Morgan fingerprint density at radius 1 is 1.07 bits per heavy atom. The fourth-order valence-electron chi connectivity index (χ4n) is 1.30. The van der Waals surface area contributed by atoms with E-state index in [2.05, 4.69) is 6.92 Å². The van der Waals surface area contributed by atoms with E-state index in [9.17, 15) is 4.79 Å². The van der Waals surface area contributed by atoms with Gasteiger partial charge >= 0.3 is 0 Å². The monoisotopic (exact) mass is 212 g/mol. The predicted octanol–water partition coefficient (Wildman–Crippen LogP) is 3.86. The third-order valence-corrected chi connectivity index (χ3v) is 2.49. The van der Waals surface area contributed by atoms with Crippen LogP contribution in [0.15, 0.2) is 11.3 Å². The molecular weight excluding hydrogens is 188 g/mol. The number of carbonyl (C=O) groups excluding carboxylic acids is 1. The van der Waals surface area contributed by atoms with Gasteiger partial charge in [0.05, 0.1) is 12.4 Å². The lowest BCUT2D eigenvalue weighted by Gasteiger charge is -2.09. The van der Waals surface area contributed by atoms with Crippen molar-refractivity contribution in [1.82, 2.24) is 0 Å². The zero-order chi connectivity index (χ0) is 11.7. The second-order valence-corrected chi connectivity index (χ2v) is 3.91. The minimum atomic E-state index is 0.213. The summed E-state index contributed by atoms with van der Waals surface area (Å²) in [7, 11) is 0. The number of allylic oxidation sites excluding steroid dienone is 2. The summed E-state index contributed by atoms with van der Waals surface area (Å²) in [5.41, 5.74) is 0.786. The smallest absolute Gasteiger partial charge is 0.161 e. The Bertz CT molecular complexity index is 217. The topological polar surface area (TPSA) is 26.3 Å². The predicted molar refractivity (Wildman–Crippen MR) is 63.8 cm³/mol. The summed E-state index contributed by atoms with van der Waals surface area (Å²) in [5, 5.41) is 0. The van der Waals surface area contributed by atoms with Gasteiger partial charge in [0.2, 0.25) is 0 Å². The van der Waals surface area contributed by atoms with Gasteiger partial charge in [0.25, 0.3) is 0 Å². The molecule has 0 unspecified atom stereocenters. The molecule has 0 aliphatic heterocycles. The molecular formula is C13H24O2. The molecule has 2 heteroatoms. The van der Waals surface area contributed by atoms with E-state index in [1.165, 1.54) is 12.8 Å². The number of ether oxygens (including phenoxy) is 1. The zero-order valence-corrected chi connectivity index (χ0v) is 10.6. The molecule has 0 atom stereocenters. The van der Waals surface area contributed by atoms with Crippen LogP contribution in [0.1, 0.15) is 59.8 Å². The van der Waals surface area contributed by atoms with Crippen molar-refractivity contribution in [2.24, 2.45) is 0 Å². The van der Waals surface area contributed by atoms with Crippen molar-refractivity contribution in [1.29, 1.82) is 0 Å². The Balaban J connectivity index is 3.97.